The molecule has 2 aromatic heterocycles. The zero-order valence-electron chi connectivity index (χ0n) is 20.7. The van der Waals surface area contributed by atoms with E-state index in [1.807, 2.05) is 66.7 Å². The van der Waals surface area contributed by atoms with Crippen molar-refractivity contribution in [3.05, 3.63) is 105 Å². The first-order valence-corrected chi connectivity index (χ1v) is 14.4. The van der Waals surface area contributed by atoms with Crippen LogP contribution in [0, 0.1) is 17.2 Å². The lowest BCUT2D eigenvalue weighted by Gasteiger charge is -2.17. The number of carbonyl (C=O) groups is 1. The minimum absolute atomic E-state index is 0.141. The van der Waals surface area contributed by atoms with Crippen LogP contribution in [0.3, 0.4) is 0 Å². The van der Waals surface area contributed by atoms with Crippen molar-refractivity contribution < 1.29 is 4.79 Å². The number of aliphatic imine (C=N–C) groups is 1. The largest absolute Gasteiger partial charge is 0.315 e. The highest BCUT2D eigenvalue weighted by molar-refractivity contribution is 8.00. The van der Waals surface area contributed by atoms with E-state index in [1.165, 1.54) is 16.6 Å². The van der Waals surface area contributed by atoms with Gasteiger partial charge in [-0.05, 0) is 72.7 Å². The van der Waals surface area contributed by atoms with Crippen LogP contribution in [0.4, 0.5) is 10.7 Å². The number of nitrogens with zero attached hydrogens (tertiary/aromatic N) is 3. The molecule has 38 heavy (non-hydrogen) atoms. The molecule has 190 valence electrons. The summed E-state index contributed by atoms with van der Waals surface area (Å²) in [6.07, 6.45) is 6.25. The van der Waals surface area contributed by atoms with Crippen LogP contribution in [-0.4, -0.2) is 17.1 Å². The minimum atomic E-state index is -0.482. The molecule has 0 aliphatic heterocycles. The summed E-state index contributed by atoms with van der Waals surface area (Å²) in [5.41, 5.74) is 4.15. The fraction of sp³-hybridized carbons (Fsp3) is 0.200. The van der Waals surface area contributed by atoms with Crippen molar-refractivity contribution >= 4 is 57.5 Å². The third-order valence-electron chi connectivity index (χ3n) is 6.43. The summed E-state index contributed by atoms with van der Waals surface area (Å²) in [6.45, 7) is 2.24. The molecule has 0 unspecified atom stereocenters. The van der Waals surface area contributed by atoms with Gasteiger partial charge in [0.05, 0.1) is 11.3 Å². The second-order valence-electron chi connectivity index (χ2n) is 9.20. The molecule has 0 saturated heterocycles. The number of nitriles is 1. The lowest BCUT2D eigenvalue weighted by Crippen LogP contribution is -2.19. The molecular formula is C30H25ClN4OS2. The number of hydrogen-bond acceptors (Lipinski definition) is 6. The van der Waals surface area contributed by atoms with Gasteiger partial charge in [-0.15, -0.1) is 23.1 Å². The van der Waals surface area contributed by atoms with Gasteiger partial charge in [0.1, 0.15) is 21.5 Å². The molecule has 0 saturated carbocycles. The summed E-state index contributed by atoms with van der Waals surface area (Å²) in [5.74, 6) is 0.454. The van der Waals surface area contributed by atoms with Crippen LogP contribution in [0.15, 0.2) is 82.8 Å². The SMILES string of the molecule is C[C@@H]1CCc2c(sc(NC(=O)[C@@H](Sc3ccc(N=Cc4cccnc4Cl)cc3)c3ccccc3)c2C#N)C1. The van der Waals surface area contributed by atoms with E-state index in [4.69, 9.17) is 11.6 Å². The van der Waals surface area contributed by atoms with E-state index in [-0.39, 0.29) is 5.91 Å². The monoisotopic (exact) mass is 556 g/mol. The average Bonchev–Trinajstić information content (AvgIpc) is 3.28. The van der Waals surface area contributed by atoms with Crippen molar-refractivity contribution in [2.75, 3.05) is 5.32 Å². The van der Waals surface area contributed by atoms with Crippen LogP contribution < -0.4 is 5.32 Å². The Morgan fingerprint density at radius 2 is 2.00 bits per heavy atom. The van der Waals surface area contributed by atoms with Crippen LogP contribution in [0.5, 0.6) is 0 Å². The number of thiophene rings is 1. The van der Waals surface area contributed by atoms with Crippen molar-refractivity contribution in [2.24, 2.45) is 10.9 Å². The molecule has 5 nitrogen and oxygen atoms in total. The Bertz CT molecular complexity index is 1510. The van der Waals surface area contributed by atoms with Gasteiger partial charge in [0.25, 0.3) is 0 Å². The van der Waals surface area contributed by atoms with Crippen molar-refractivity contribution in [3.63, 3.8) is 0 Å². The summed E-state index contributed by atoms with van der Waals surface area (Å²) in [5, 5.41) is 13.6. The van der Waals surface area contributed by atoms with E-state index in [9.17, 15) is 10.1 Å². The topological polar surface area (TPSA) is 78.1 Å². The Balaban J connectivity index is 1.36. The summed E-state index contributed by atoms with van der Waals surface area (Å²) in [7, 11) is 0. The third-order valence-corrected chi connectivity index (χ3v) is 9.18. The molecule has 1 N–H and O–H groups in total. The van der Waals surface area contributed by atoms with Gasteiger partial charge in [-0.3, -0.25) is 9.79 Å². The van der Waals surface area contributed by atoms with E-state index in [1.54, 1.807) is 23.7 Å². The van der Waals surface area contributed by atoms with Crippen LogP contribution in [0.25, 0.3) is 0 Å². The summed E-state index contributed by atoms with van der Waals surface area (Å²) < 4.78 is 0. The molecule has 0 spiro atoms. The molecule has 0 fully saturated rings. The molecule has 1 aliphatic rings. The maximum atomic E-state index is 13.6. The van der Waals surface area contributed by atoms with Crippen molar-refractivity contribution in [1.29, 1.82) is 5.26 Å². The van der Waals surface area contributed by atoms with Gasteiger partial charge in [-0.2, -0.15) is 5.26 Å². The number of benzene rings is 2. The molecule has 1 amide bonds. The Hall–Kier alpha value is -3.44. The second kappa shape index (κ2) is 12.0. The first-order chi connectivity index (χ1) is 18.5. The number of nitrogens with one attached hydrogen (secondary N) is 1. The molecule has 2 heterocycles. The number of rotatable bonds is 7. The van der Waals surface area contributed by atoms with E-state index in [2.05, 4.69) is 28.3 Å². The van der Waals surface area contributed by atoms with E-state index >= 15 is 0 Å². The van der Waals surface area contributed by atoms with Crippen LogP contribution in [0.2, 0.25) is 5.15 Å². The van der Waals surface area contributed by atoms with Gasteiger partial charge in [0.2, 0.25) is 5.91 Å². The van der Waals surface area contributed by atoms with Gasteiger partial charge in [0, 0.05) is 27.7 Å². The molecule has 0 radical (unpaired) electrons. The Labute approximate surface area is 235 Å². The van der Waals surface area contributed by atoms with Crippen molar-refractivity contribution in [3.8, 4) is 6.07 Å². The van der Waals surface area contributed by atoms with Crippen LogP contribution in [-0.2, 0) is 17.6 Å². The van der Waals surface area contributed by atoms with Crippen molar-refractivity contribution in [1.82, 2.24) is 4.98 Å². The number of aromatic nitrogens is 1. The Morgan fingerprint density at radius 1 is 1.21 bits per heavy atom. The fourth-order valence-corrected chi connectivity index (χ4v) is 6.98. The fourth-order valence-electron chi connectivity index (χ4n) is 4.42. The molecule has 4 aromatic rings. The normalized spacial score (nSPS) is 15.6. The number of carbonyl (C=O) groups excluding carboxylic acids is 1. The van der Waals surface area contributed by atoms with Gasteiger partial charge < -0.3 is 5.32 Å². The summed E-state index contributed by atoms with van der Waals surface area (Å²) in [4.78, 5) is 24.4. The van der Waals surface area contributed by atoms with Crippen LogP contribution >= 0.6 is 34.7 Å². The first kappa shape index (κ1) is 26.2. The molecule has 8 heteroatoms. The molecular weight excluding hydrogens is 532 g/mol. The maximum Gasteiger partial charge on any atom is 0.243 e. The number of thioether (sulfide) groups is 1. The number of hydrogen-bond donors (Lipinski definition) is 1. The minimum Gasteiger partial charge on any atom is -0.315 e. The summed E-state index contributed by atoms with van der Waals surface area (Å²) >= 11 is 9.13. The van der Waals surface area contributed by atoms with E-state index in [0.717, 1.165) is 46.5 Å². The number of halogens is 1. The Kier molecular flexibility index (Phi) is 8.23. The number of pyridine rings is 1. The van der Waals surface area contributed by atoms with Gasteiger partial charge >= 0.3 is 0 Å². The lowest BCUT2D eigenvalue weighted by molar-refractivity contribution is -0.115. The predicted octanol–water partition coefficient (Wildman–Crippen LogP) is 8.02. The van der Waals surface area contributed by atoms with Crippen molar-refractivity contribution in [2.45, 2.75) is 36.3 Å². The number of fused-ring (bicyclic) bond motifs is 1. The van der Waals surface area contributed by atoms with E-state index < -0.39 is 5.25 Å². The predicted molar refractivity (Wildman–Crippen MR) is 157 cm³/mol. The third kappa shape index (κ3) is 5.99. The smallest absolute Gasteiger partial charge is 0.243 e. The molecule has 2 atom stereocenters. The molecule has 1 aliphatic carbocycles. The maximum absolute atomic E-state index is 13.6. The van der Waals surface area contributed by atoms with Gasteiger partial charge in [0.15, 0.2) is 0 Å². The average molecular weight is 557 g/mol. The highest BCUT2D eigenvalue weighted by Gasteiger charge is 2.28. The summed E-state index contributed by atoms with van der Waals surface area (Å²) in [6, 6.07) is 23.5. The molecule has 5 rings (SSSR count). The quantitative estimate of drug-likeness (QED) is 0.142. The first-order valence-electron chi connectivity index (χ1n) is 12.3. The Morgan fingerprint density at radius 3 is 2.74 bits per heavy atom. The number of amides is 1. The van der Waals surface area contributed by atoms with Gasteiger partial charge in [-0.25, -0.2) is 4.98 Å². The number of anilines is 1. The van der Waals surface area contributed by atoms with Gasteiger partial charge in [-0.1, -0.05) is 48.9 Å². The van der Waals surface area contributed by atoms with Crippen LogP contribution in [0.1, 0.15) is 45.7 Å². The molecule has 2 aromatic carbocycles. The molecule has 0 bridgehead atoms. The zero-order valence-corrected chi connectivity index (χ0v) is 23.1. The second-order valence-corrected chi connectivity index (χ2v) is 11.8. The zero-order chi connectivity index (χ0) is 26.5. The highest BCUT2D eigenvalue weighted by atomic mass is 35.5. The lowest BCUT2D eigenvalue weighted by atomic mass is 9.88. The highest BCUT2D eigenvalue weighted by Crippen LogP contribution is 2.41. The standard InChI is InChI=1S/C30H25ClN4OS2/c1-19-9-14-24-25(17-32)30(38-26(24)16-19)35-29(36)27(20-6-3-2-4-7-20)37-23-12-10-22(11-13-23)34-18-21-8-5-15-33-28(21)31/h2-8,10-13,15,18-19,27H,9,14,16H2,1H3,(H,35,36)/t19-,27+/m1/s1. The van der Waals surface area contributed by atoms with E-state index in [0.29, 0.717) is 21.6 Å².